The third-order valence-corrected chi connectivity index (χ3v) is 4.52. The number of aryl methyl sites for hydroxylation is 1. The molecular formula is C21H23FN2O6. The van der Waals surface area contributed by atoms with Crippen molar-refractivity contribution in [1.29, 1.82) is 0 Å². The number of aromatic nitrogens is 1. The summed E-state index contributed by atoms with van der Waals surface area (Å²) in [7, 11) is 1.31. The minimum Gasteiger partial charge on any atom is -0.469 e. The number of benzene rings is 1. The highest BCUT2D eigenvalue weighted by molar-refractivity contribution is 6.00. The average molecular weight is 418 g/mol. The second-order valence-corrected chi connectivity index (χ2v) is 6.51. The van der Waals surface area contributed by atoms with Gasteiger partial charge in [0.05, 0.1) is 19.1 Å². The Morgan fingerprint density at radius 2 is 1.77 bits per heavy atom. The van der Waals surface area contributed by atoms with Gasteiger partial charge in [0.2, 0.25) is 5.78 Å². The molecule has 1 heterocycles. The Balaban J connectivity index is 1.88. The van der Waals surface area contributed by atoms with Gasteiger partial charge in [0.25, 0.3) is 5.91 Å². The Kier molecular flexibility index (Phi) is 7.85. The molecule has 0 bridgehead atoms. The summed E-state index contributed by atoms with van der Waals surface area (Å²) >= 11 is 0. The lowest BCUT2D eigenvalue weighted by Gasteiger charge is -2.09. The maximum Gasteiger partial charge on any atom is 0.325 e. The summed E-state index contributed by atoms with van der Waals surface area (Å²) < 4.78 is 24.9. The van der Waals surface area contributed by atoms with Crippen molar-refractivity contribution in [3.63, 3.8) is 0 Å². The van der Waals surface area contributed by atoms with E-state index in [1.54, 1.807) is 24.5 Å². The van der Waals surface area contributed by atoms with Crippen molar-refractivity contribution in [1.82, 2.24) is 9.88 Å². The van der Waals surface area contributed by atoms with Gasteiger partial charge in [-0.1, -0.05) is 12.1 Å². The van der Waals surface area contributed by atoms with Gasteiger partial charge in [-0.05, 0) is 32.0 Å². The molecule has 0 spiro atoms. The maximum absolute atomic E-state index is 13.5. The van der Waals surface area contributed by atoms with E-state index in [1.165, 1.54) is 25.3 Å². The van der Waals surface area contributed by atoms with Crippen LogP contribution in [0.15, 0.2) is 30.3 Å². The topological polar surface area (TPSA) is 104 Å². The summed E-state index contributed by atoms with van der Waals surface area (Å²) in [5.74, 6) is -3.07. The van der Waals surface area contributed by atoms with Gasteiger partial charge in [0.1, 0.15) is 12.4 Å². The molecule has 9 heteroatoms. The molecule has 0 aliphatic rings. The summed E-state index contributed by atoms with van der Waals surface area (Å²) in [6.07, 6.45) is 0.164. The number of nitrogens with one attached hydrogen (secondary N) is 1. The predicted molar refractivity (Wildman–Crippen MR) is 105 cm³/mol. The van der Waals surface area contributed by atoms with E-state index in [9.17, 15) is 23.6 Å². The summed E-state index contributed by atoms with van der Waals surface area (Å²) in [5.41, 5.74) is 1.61. The van der Waals surface area contributed by atoms with Gasteiger partial charge in [-0.25, -0.2) is 4.39 Å². The highest BCUT2D eigenvalue weighted by Gasteiger charge is 2.18. The quantitative estimate of drug-likeness (QED) is 0.493. The minimum atomic E-state index is -0.826. The zero-order valence-corrected chi connectivity index (χ0v) is 17.0. The second kappa shape index (κ2) is 10.3. The number of halogens is 1. The highest BCUT2D eigenvalue weighted by atomic mass is 19.1. The van der Waals surface area contributed by atoms with Crippen molar-refractivity contribution in [2.75, 3.05) is 20.3 Å². The van der Waals surface area contributed by atoms with Gasteiger partial charge >= 0.3 is 11.9 Å². The van der Waals surface area contributed by atoms with Crippen LogP contribution in [0.25, 0.3) is 0 Å². The largest absolute Gasteiger partial charge is 0.469 e. The summed E-state index contributed by atoms with van der Waals surface area (Å²) in [6.45, 7) is 2.88. The van der Waals surface area contributed by atoms with Crippen LogP contribution in [0.1, 0.15) is 38.5 Å². The van der Waals surface area contributed by atoms with Gasteiger partial charge in [-0.2, -0.15) is 0 Å². The number of ketones is 1. The Hall–Kier alpha value is -3.49. The lowest BCUT2D eigenvalue weighted by atomic mass is 10.1. The molecule has 160 valence electrons. The molecule has 1 amide bonds. The number of amides is 1. The Bertz CT molecular complexity index is 966. The van der Waals surface area contributed by atoms with Crippen LogP contribution in [0.5, 0.6) is 0 Å². The average Bonchev–Trinajstić information content (AvgIpc) is 3.02. The van der Waals surface area contributed by atoms with Crippen LogP contribution in [0.4, 0.5) is 4.39 Å². The first-order chi connectivity index (χ1) is 14.2. The van der Waals surface area contributed by atoms with E-state index in [4.69, 9.17) is 4.74 Å². The third-order valence-electron chi connectivity index (χ3n) is 4.52. The number of rotatable bonds is 9. The molecule has 0 unspecified atom stereocenters. The fraction of sp³-hybridized carbons (Fsp3) is 0.333. The second-order valence-electron chi connectivity index (χ2n) is 6.51. The molecule has 0 saturated heterocycles. The first-order valence-corrected chi connectivity index (χ1v) is 9.19. The maximum atomic E-state index is 13.5. The summed E-state index contributed by atoms with van der Waals surface area (Å²) in [6, 6.07) is 7.01. The zero-order chi connectivity index (χ0) is 22.3. The number of ether oxygens (including phenoxy) is 2. The van der Waals surface area contributed by atoms with Crippen LogP contribution < -0.4 is 5.32 Å². The van der Waals surface area contributed by atoms with E-state index in [0.717, 1.165) is 11.8 Å². The van der Waals surface area contributed by atoms with Gasteiger partial charge in [-0.15, -0.1) is 0 Å². The van der Waals surface area contributed by atoms with E-state index >= 15 is 0 Å². The smallest absolute Gasteiger partial charge is 0.325 e. The lowest BCUT2D eigenvalue weighted by Crippen LogP contribution is -2.32. The van der Waals surface area contributed by atoms with Gasteiger partial charge in [0, 0.05) is 23.5 Å². The molecule has 2 rings (SSSR count). The third kappa shape index (κ3) is 5.76. The van der Waals surface area contributed by atoms with Crippen molar-refractivity contribution in [3.05, 3.63) is 58.7 Å². The van der Waals surface area contributed by atoms with Crippen molar-refractivity contribution < 1.29 is 33.0 Å². The molecule has 1 aromatic heterocycles. The Labute approximate surface area is 173 Å². The standard InChI is InChI=1S/C21H23FN2O6/c1-13-10-16(14(2)24(13)9-8-19(26)29-3)18(25)12-30-20(27)11-23-21(28)15-6-4-5-7-17(15)22/h4-7,10H,8-9,11-12H2,1-3H3,(H,23,28). The normalized spacial score (nSPS) is 10.4. The van der Waals surface area contributed by atoms with E-state index in [1.807, 2.05) is 0 Å². The van der Waals surface area contributed by atoms with Crippen molar-refractivity contribution in [2.45, 2.75) is 26.8 Å². The highest BCUT2D eigenvalue weighted by Crippen LogP contribution is 2.16. The number of esters is 2. The van der Waals surface area contributed by atoms with Crippen molar-refractivity contribution >= 4 is 23.6 Å². The number of hydrogen-bond donors (Lipinski definition) is 1. The molecule has 8 nitrogen and oxygen atoms in total. The minimum absolute atomic E-state index is 0.164. The Morgan fingerprint density at radius 3 is 2.43 bits per heavy atom. The number of nitrogens with zero attached hydrogens (tertiary/aromatic N) is 1. The molecule has 1 N–H and O–H groups in total. The fourth-order valence-electron chi connectivity index (χ4n) is 2.90. The van der Waals surface area contributed by atoms with Gasteiger partial charge in [0.15, 0.2) is 6.61 Å². The van der Waals surface area contributed by atoms with E-state index < -0.39 is 36.6 Å². The number of Topliss-reactive ketones (excluding diaryl/α,β-unsaturated/α-hetero) is 1. The van der Waals surface area contributed by atoms with Gasteiger partial charge in [-0.3, -0.25) is 19.2 Å². The van der Waals surface area contributed by atoms with Crippen LogP contribution in [-0.2, 0) is 25.6 Å². The molecule has 30 heavy (non-hydrogen) atoms. The Morgan fingerprint density at radius 1 is 1.07 bits per heavy atom. The first-order valence-electron chi connectivity index (χ1n) is 9.19. The number of carbonyl (C=O) groups excluding carboxylic acids is 4. The van der Waals surface area contributed by atoms with E-state index in [-0.39, 0.29) is 18.0 Å². The lowest BCUT2D eigenvalue weighted by molar-refractivity contribution is -0.141. The van der Waals surface area contributed by atoms with Crippen LogP contribution in [0.2, 0.25) is 0 Å². The fourth-order valence-corrected chi connectivity index (χ4v) is 2.90. The molecule has 0 aliphatic heterocycles. The number of methoxy groups -OCH3 is 1. The molecule has 0 aliphatic carbocycles. The summed E-state index contributed by atoms with van der Waals surface area (Å²) in [4.78, 5) is 47.5. The van der Waals surface area contributed by atoms with Crippen molar-refractivity contribution in [3.8, 4) is 0 Å². The van der Waals surface area contributed by atoms with E-state index in [2.05, 4.69) is 10.1 Å². The predicted octanol–water partition coefficient (Wildman–Crippen LogP) is 1.96. The molecule has 0 atom stereocenters. The first kappa shape index (κ1) is 22.8. The number of hydrogen-bond acceptors (Lipinski definition) is 6. The van der Waals surface area contributed by atoms with Crippen molar-refractivity contribution in [2.24, 2.45) is 0 Å². The van der Waals surface area contributed by atoms with Crippen LogP contribution in [0, 0.1) is 19.7 Å². The molecule has 1 aromatic carbocycles. The van der Waals surface area contributed by atoms with Gasteiger partial charge < -0.3 is 19.4 Å². The molecule has 0 radical (unpaired) electrons. The monoisotopic (exact) mass is 418 g/mol. The van der Waals surface area contributed by atoms with Crippen LogP contribution >= 0.6 is 0 Å². The van der Waals surface area contributed by atoms with Crippen LogP contribution in [-0.4, -0.2) is 48.5 Å². The summed E-state index contributed by atoms with van der Waals surface area (Å²) in [5, 5.41) is 2.25. The molecule has 0 fully saturated rings. The molecule has 0 saturated carbocycles. The SMILES string of the molecule is COC(=O)CCn1c(C)cc(C(=O)COC(=O)CNC(=O)c2ccccc2F)c1C. The molecular weight excluding hydrogens is 395 g/mol. The van der Waals surface area contributed by atoms with E-state index in [0.29, 0.717) is 17.8 Å². The zero-order valence-electron chi connectivity index (χ0n) is 17.0. The number of carbonyl (C=O) groups is 4. The van der Waals surface area contributed by atoms with Crippen LogP contribution in [0.3, 0.4) is 0 Å². The molecule has 2 aromatic rings.